The Bertz CT molecular complexity index is 264. The van der Waals surface area contributed by atoms with Gasteiger partial charge in [-0.1, -0.05) is 6.42 Å². The summed E-state index contributed by atoms with van der Waals surface area (Å²) in [6.07, 6.45) is 5.30. The van der Waals surface area contributed by atoms with Crippen molar-refractivity contribution in [1.29, 1.82) is 0 Å². The number of likely N-dealkylation sites (N-methyl/N-ethyl adjacent to an activating group) is 1. The predicted octanol–water partition coefficient (Wildman–Crippen LogP) is 0.670. The van der Waals surface area contributed by atoms with Crippen LogP contribution in [-0.2, 0) is 9.53 Å². The number of carbonyl (C=O) groups excluding carboxylic acids is 1. The van der Waals surface area contributed by atoms with Crippen LogP contribution in [0.25, 0.3) is 0 Å². The van der Waals surface area contributed by atoms with Crippen LogP contribution < -0.4 is 10.6 Å². The second kappa shape index (κ2) is 4.72. The zero-order chi connectivity index (χ0) is 11.6. The van der Waals surface area contributed by atoms with E-state index in [-0.39, 0.29) is 5.91 Å². The van der Waals surface area contributed by atoms with E-state index in [0.717, 1.165) is 13.0 Å². The maximum absolute atomic E-state index is 11.2. The zero-order valence-electron chi connectivity index (χ0n) is 10.2. The fourth-order valence-corrected chi connectivity index (χ4v) is 3.03. The minimum atomic E-state index is 0.0642. The van der Waals surface area contributed by atoms with Crippen molar-refractivity contribution in [3.05, 3.63) is 0 Å². The maximum atomic E-state index is 11.2. The first-order valence-electron chi connectivity index (χ1n) is 6.28. The molecule has 16 heavy (non-hydrogen) atoms. The molecule has 2 saturated carbocycles. The summed E-state index contributed by atoms with van der Waals surface area (Å²) in [6.45, 7) is 3.29. The SMILES string of the molecule is CCOC1CC(NCC(=O)NC)C12CCC2. The van der Waals surface area contributed by atoms with Crippen molar-refractivity contribution in [2.45, 2.75) is 44.8 Å². The standard InChI is InChI=1S/C12H22N2O2/c1-3-16-10-7-9(12(10)5-4-6-12)14-8-11(15)13-2/h9-10,14H,3-8H2,1-2H3,(H,13,15). The van der Waals surface area contributed by atoms with Crippen LogP contribution in [0.5, 0.6) is 0 Å². The van der Waals surface area contributed by atoms with Gasteiger partial charge in [-0.15, -0.1) is 0 Å². The summed E-state index contributed by atoms with van der Waals surface area (Å²) < 4.78 is 5.76. The largest absolute Gasteiger partial charge is 0.378 e. The molecule has 4 nitrogen and oxygen atoms in total. The molecule has 2 N–H and O–H groups in total. The molecule has 0 bridgehead atoms. The smallest absolute Gasteiger partial charge is 0.233 e. The van der Waals surface area contributed by atoms with Gasteiger partial charge in [0.1, 0.15) is 0 Å². The highest BCUT2D eigenvalue weighted by Crippen LogP contribution is 2.57. The molecule has 1 spiro atoms. The summed E-state index contributed by atoms with van der Waals surface area (Å²) in [4.78, 5) is 11.2. The van der Waals surface area contributed by atoms with Crippen LogP contribution in [0, 0.1) is 5.41 Å². The molecular formula is C12H22N2O2. The molecule has 0 aromatic rings. The van der Waals surface area contributed by atoms with Gasteiger partial charge in [-0.05, 0) is 26.2 Å². The Hall–Kier alpha value is -0.610. The summed E-state index contributed by atoms with van der Waals surface area (Å²) in [5.41, 5.74) is 0.351. The van der Waals surface area contributed by atoms with Crippen molar-refractivity contribution in [1.82, 2.24) is 10.6 Å². The predicted molar refractivity (Wildman–Crippen MR) is 62.2 cm³/mol. The van der Waals surface area contributed by atoms with Gasteiger partial charge in [-0.2, -0.15) is 0 Å². The fourth-order valence-electron chi connectivity index (χ4n) is 3.03. The minimum Gasteiger partial charge on any atom is -0.378 e. The van der Waals surface area contributed by atoms with Crippen molar-refractivity contribution in [3.8, 4) is 0 Å². The summed E-state index contributed by atoms with van der Waals surface area (Å²) in [6, 6.07) is 0.482. The molecular weight excluding hydrogens is 204 g/mol. The molecule has 2 rings (SSSR count). The van der Waals surface area contributed by atoms with Crippen LogP contribution in [0.4, 0.5) is 0 Å². The molecule has 92 valence electrons. The van der Waals surface area contributed by atoms with Crippen LogP contribution in [0.1, 0.15) is 32.6 Å². The first-order valence-corrected chi connectivity index (χ1v) is 6.28. The third-order valence-corrected chi connectivity index (χ3v) is 4.23. The zero-order valence-corrected chi connectivity index (χ0v) is 10.2. The number of hydrogen-bond acceptors (Lipinski definition) is 3. The first kappa shape index (κ1) is 11.9. The molecule has 2 fully saturated rings. The third kappa shape index (κ3) is 1.84. The second-order valence-electron chi connectivity index (χ2n) is 4.87. The molecule has 0 radical (unpaired) electrons. The van der Waals surface area contributed by atoms with Gasteiger partial charge in [0.25, 0.3) is 0 Å². The van der Waals surface area contributed by atoms with Gasteiger partial charge in [-0.25, -0.2) is 0 Å². The number of amides is 1. The molecule has 2 aliphatic rings. The molecule has 2 atom stereocenters. The normalized spacial score (nSPS) is 30.6. The Labute approximate surface area is 97.1 Å². The number of rotatable bonds is 5. The molecule has 0 heterocycles. The highest BCUT2D eigenvalue weighted by molar-refractivity contribution is 5.77. The lowest BCUT2D eigenvalue weighted by molar-refractivity contribution is -0.173. The Morgan fingerprint density at radius 3 is 2.75 bits per heavy atom. The van der Waals surface area contributed by atoms with Crippen molar-refractivity contribution in [2.24, 2.45) is 5.41 Å². The van der Waals surface area contributed by atoms with Crippen LogP contribution in [-0.4, -0.2) is 38.3 Å². The molecule has 2 unspecified atom stereocenters. The average Bonchev–Trinajstić information content (AvgIpc) is 2.19. The summed E-state index contributed by atoms with van der Waals surface area (Å²) >= 11 is 0. The fraction of sp³-hybridized carbons (Fsp3) is 0.917. The lowest BCUT2D eigenvalue weighted by atomic mass is 9.51. The Balaban J connectivity index is 1.81. The number of carbonyl (C=O) groups is 1. The van der Waals surface area contributed by atoms with Crippen molar-refractivity contribution < 1.29 is 9.53 Å². The molecule has 0 aromatic carbocycles. The molecule has 4 heteroatoms. The monoisotopic (exact) mass is 226 g/mol. The Morgan fingerprint density at radius 2 is 2.25 bits per heavy atom. The van der Waals surface area contributed by atoms with Gasteiger partial charge in [0.2, 0.25) is 5.91 Å². The Kier molecular flexibility index (Phi) is 3.50. The van der Waals surface area contributed by atoms with E-state index in [1.807, 2.05) is 0 Å². The van der Waals surface area contributed by atoms with Crippen LogP contribution >= 0.6 is 0 Å². The van der Waals surface area contributed by atoms with Gasteiger partial charge < -0.3 is 15.4 Å². The minimum absolute atomic E-state index is 0.0642. The molecule has 0 saturated heterocycles. The van der Waals surface area contributed by atoms with E-state index >= 15 is 0 Å². The van der Waals surface area contributed by atoms with E-state index in [4.69, 9.17) is 4.74 Å². The first-order chi connectivity index (χ1) is 7.73. The van der Waals surface area contributed by atoms with Gasteiger partial charge >= 0.3 is 0 Å². The third-order valence-electron chi connectivity index (χ3n) is 4.23. The summed E-state index contributed by atoms with van der Waals surface area (Å²) in [7, 11) is 1.67. The van der Waals surface area contributed by atoms with Crippen LogP contribution in [0.2, 0.25) is 0 Å². The highest BCUT2D eigenvalue weighted by atomic mass is 16.5. The summed E-state index contributed by atoms with van der Waals surface area (Å²) in [5, 5.41) is 5.99. The van der Waals surface area contributed by atoms with E-state index in [1.165, 1.54) is 19.3 Å². The number of ether oxygens (including phenoxy) is 1. The Morgan fingerprint density at radius 1 is 1.50 bits per heavy atom. The van der Waals surface area contributed by atoms with E-state index in [1.54, 1.807) is 7.05 Å². The van der Waals surface area contributed by atoms with Crippen molar-refractivity contribution in [3.63, 3.8) is 0 Å². The van der Waals surface area contributed by atoms with E-state index < -0.39 is 0 Å². The van der Waals surface area contributed by atoms with Crippen molar-refractivity contribution in [2.75, 3.05) is 20.2 Å². The van der Waals surface area contributed by atoms with Gasteiger partial charge in [0.05, 0.1) is 12.6 Å². The van der Waals surface area contributed by atoms with Crippen LogP contribution in [0.3, 0.4) is 0 Å². The van der Waals surface area contributed by atoms with E-state index in [2.05, 4.69) is 17.6 Å². The molecule has 0 aromatic heterocycles. The van der Waals surface area contributed by atoms with E-state index in [9.17, 15) is 4.79 Å². The molecule has 2 aliphatic carbocycles. The average molecular weight is 226 g/mol. The van der Waals surface area contributed by atoms with Gasteiger partial charge in [0, 0.05) is 25.1 Å². The quantitative estimate of drug-likeness (QED) is 0.724. The summed E-state index contributed by atoms with van der Waals surface area (Å²) in [5.74, 6) is 0.0642. The lowest BCUT2D eigenvalue weighted by Crippen LogP contribution is -2.67. The van der Waals surface area contributed by atoms with Gasteiger partial charge in [-0.3, -0.25) is 4.79 Å². The number of nitrogens with one attached hydrogen (secondary N) is 2. The number of hydrogen-bond donors (Lipinski definition) is 2. The van der Waals surface area contributed by atoms with Crippen molar-refractivity contribution >= 4 is 5.91 Å². The maximum Gasteiger partial charge on any atom is 0.233 e. The molecule has 0 aliphatic heterocycles. The van der Waals surface area contributed by atoms with Crippen LogP contribution in [0.15, 0.2) is 0 Å². The van der Waals surface area contributed by atoms with E-state index in [0.29, 0.717) is 24.1 Å². The highest BCUT2D eigenvalue weighted by Gasteiger charge is 2.58. The lowest BCUT2D eigenvalue weighted by Gasteiger charge is -2.61. The molecule has 1 amide bonds. The van der Waals surface area contributed by atoms with Gasteiger partial charge in [0.15, 0.2) is 0 Å². The second-order valence-corrected chi connectivity index (χ2v) is 4.87. The topological polar surface area (TPSA) is 50.4 Å².